The predicted molar refractivity (Wildman–Crippen MR) is 152 cm³/mol. The van der Waals surface area contributed by atoms with Gasteiger partial charge >= 0.3 is 6.09 Å². The van der Waals surface area contributed by atoms with E-state index < -0.39 is 18.0 Å². The number of hydrogen-bond donors (Lipinski definition) is 2. The summed E-state index contributed by atoms with van der Waals surface area (Å²) in [5, 5.41) is 5.65. The second-order valence-corrected chi connectivity index (χ2v) is 10.1. The predicted octanol–water partition coefficient (Wildman–Crippen LogP) is 5.13. The number of carbonyl (C=O) groups is 2. The molecule has 2 aromatic carbocycles. The van der Waals surface area contributed by atoms with E-state index in [2.05, 4.69) is 30.6 Å². The summed E-state index contributed by atoms with van der Waals surface area (Å²) in [7, 11) is 3.03. The Hall–Kier alpha value is -4.91. The zero-order chi connectivity index (χ0) is 29.1. The molecule has 13 heteroatoms. The molecule has 0 aliphatic rings. The Morgan fingerprint density at radius 2 is 1.90 bits per heavy atom. The lowest BCUT2D eigenvalue weighted by molar-refractivity contribution is 0.0844. The topological polar surface area (TPSA) is 137 Å². The molecule has 0 spiro atoms. The number of fused-ring (bicyclic) bond motifs is 2. The van der Waals surface area contributed by atoms with Crippen LogP contribution < -0.4 is 20.1 Å². The molecule has 5 aromatic rings. The largest absolute Gasteiger partial charge is 0.487 e. The van der Waals surface area contributed by atoms with Crippen LogP contribution in [-0.2, 0) is 4.74 Å². The number of amides is 2. The number of aromatic nitrogens is 4. The Balaban J connectivity index is 1.26. The standard InChI is InChI=1S/C28H25FN6O5S/c1-14-7-17(25-21(8-14)34-24(38-4)12-32-25)27-35-20-9-18(29)22(10-23(20)41-27)39-13-15(2)40-28(37)33-16-5-6-19(31-11-16)26(36)30-3/h5-12,15H,13H2,1-4H3,(H,30,36)(H,33,37)/t15-/m1/s1. The summed E-state index contributed by atoms with van der Waals surface area (Å²) in [5.74, 6) is -0.515. The molecule has 210 valence electrons. The third-order valence-corrected chi connectivity index (χ3v) is 6.95. The maximum atomic E-state index is 14.9. The van der Waals surface area contributed by atoms with E-state index >= 15 is 0 Å². The summed E-state index contributed by atoms with van der Waals surface area (Å²) in [5.41, 5.74) is 4.12. The minimum atomic E-state index is -0.746. The van der Waals surface area contributed by atoms with Crippen LogP contribution in [0.15, 0.2) is 48.8 Å². The van der Waals surface area contributed by atoms with Gasteiger partial charge in [0.05, 0.1) is 46.4 Å². The fraction of sp³-hybridized carbons (Fsp3) is 0.214. The monoisotopic (exact) mass is 576 g/mol. The number of pyridine rings is 1. The number of carbonyl (C=O) groups excluding carboxylic acids is 2. The number of benzene rings is 2. The number of anilines is 1. The number of thiazole rings is 1. The lowest BCUT2D eigenvalue weighted by Gasteiger charge is -2.15. The van der Waals surface area contributed by atoms with Gasteiger partial charge in [-0.3, -0.25) is 10.1 Å². The Bertz CT molecular complexity index is 1760. The van der Waals surface area contributed by atoms with Crippen LogP contribution in [0.4, 0.5) is 14.9 Å². The van der Waals surface area contributed by atoms with E-state index in [1.54, 1.807) is 19.2 Å². The molecule has 0 aliphatic heterocycles. The number of nitrogens with zero attached hydrogens (tertiary/aromatic N) is 4. The van der Waals surface area contributed by atoms with Crippen molar-refractivity contribution in [3.63, 3.8) is 0 Å². The first-order chi connectivity index (χ1) is 19.7. The number of rotatable bonds is 8. The van der Waals surface area contributed by atoms with E-state index in [4.69, 9.17) is 14.2 Å². The molecule has 0 bridgehead atoms. The van der Waals surface area contributed by atoms with Crippen LogP contribution in [-0.4, -0.2) is 58.8 Å². The van der Waals surface area contributed by atoms with Gasteiger partial charge < -0.3 is 19.5 Å². The van der Waals surface area contributed by atoms with Crippen LogP contribution in [0.1, 0.15) is 23.0 Å². The Kier molecular flexibility index (Phi) is 7.88. The Labute approximate surface area is 237 Å². The van der Waals surface area contributed by atoms with Crippen molar-refractivity contribution < 1.29 is 28.2 Å². The molecule has 0 aliphatic carbocycles. The summed E-state index contributed by atoms with van der Waals surface area (Å²) in [4.78, 5) is 41.4. The lowest BCUT2D eigenvalue weighted by Crippen LogP contribution is -2.25. The molecule has 11 nitrogen and oxygen atoms in total. The van der Waals surface area contributed by atoms with E-state index in [1.807, 2.05) is 19.1 Å². The molecule has 2 N–H and O–H groups in total. The van der Waals surface area contributed by atoms with Crippen LogP contribution in [0.5, 0.6) is 11.6 Å². The second-order valence-electron chi connectivity index (χ2n) is 9.03. The van der Waals surface area contributed by atoms with Crippen molar-refractivity contribution in [1.82, 2.24) is 25.3 Å². The highest BCUT2D eigenvalue weighted by Crippen LogP contribution is 2.37. The lowest BCUT2D eigenvalue weighted by atomic mass is 10.1. The third-order valence-electron chi connectivity index (χ3n) is 5.90. The van der Waals surface area contributed by atoms with E-state index in [1.165, 1.54) is 49.9 Å². The van der Waals surface area contributed by atoms with Crippen LogP contribution in [0.25, 0.3) is 31.8 Å². The summed E-state index contributed by atoms with van der Waals surface area (Å²) in [6, 6.07) is 9.76. The number of hydrogen-bond acceptors (Lipinski definition) is 10. The van der Waals surface area contributed by atoms with Crippen molar-refractivity contribution in [2.75, 3.05) is 26.1 Å². The van der Waals surface area contributed by atoms with E-state index in [9.17, 15) is 14.0 Å². The van der Waals surface area contributed by atoms with Gasteiger partial charge in [0.1, 0.15) is 23.4 Å². The van der Waals surface area contributed by atoms with Crippen molar-refractivity contribution in [3.05, 3.63) is 65.9 Å². The molecule has 0 fully saturated rings. The number of halogens is 1. The molecule has 3 heterocycles. The molecular formula is C28H25FN6O5S. The first-order valence-corrected chi connectivity index (χ1v) is 13.3. The van der Waals surface area contributed by atoms with Gasteiger partial charge in [-0.2, -0.15) is 0 Å². The Morgan fingerprint density at radius 3 is 2.63 bits per heavy atom. The average Bonchev–Trinajstić information content (AvgIpc) is 3.37. The van der Waals surface area contributed by atoms with Gasteiger partial charge in [-0.05, 0) is 43.7 Å². The summed E-state index contributed by atoms with van der Waals surface area (Å²) >= 11 is 1.37. The molecule has 41 heavy (non-hydrogen) atoms. The van der Waals surface area contributed by atoms with Gasteiger partial charge in [-0.1, -0.05) is 0 Å². The number of nitrogens with one attached hydrogen (secondary N) is 2. The highest BCUT2D eigenvalue weighted by atomic mass is 32.1. The smallest absolute Gasteiger partial charge is 0.412 e. The number of ether oxygens (including phenoxy) is 3. The number of aryl methyl sites for hydroxylation is 1. The highest BCUT2D eigenvalue weighted by Gasteiger charge is 2.17. The van der Waals surface area contributed by atoms with E-state index in [0.29, 0.717) is 37.8 Å². The first kappa shape index (κ1) is 27.6. The normalized spacial score (nSPS) is 11.7. The number of methoxy groups -OCH3 is 1. The molecule has 3 aromatic heterocycles. The minimum Gasteiger partial charge on any atom is -0.487 e. The SMILES string of the molecule is CNC(=O)c1ccc(NC(=O)O[C@H](C)COc2cc3sc(-c4cc(C)cc5nc(OC)cnc45)nc3cc2F)cn1. The van der Waals surface area contributed by atoms with Gasteiger partial charge in [-0.15, -0.1) is 11.3 Å². The quantitative estimate of drug-likeness (QED) is 0.257. The first-order valence-electron chi connectivity index (χ1n) is 12.4. The van der Waals surface area contributed by atoms with Crippen LogP contribution in [0.2, 0.25) is 0 Å². The zero-order valence-corrected chi connectivity index (χ0v) is 23.3. The van der Waals surface area contributed by atoms with Crippen LogP contribution in [0, 0.1) is 12.7 Å². The van der Waals surface area contributed by atoms with Crippen molar-refractivity contribution >= 4 is 50.3 Å². The van der Waals surface area contributed by atoms with Gasteiger partial charge in [0.15, 0.2) is 11.6 Å². The fourth-order valence-electron chi connectivity index (χ4n) is 3.97. The third kappa shape index (κ3) is 6.14. The highest BCUT2D eigenvalue weighted by molar-refractivity contribution is 7.21. The second kappa shape index (κ2) is 11.7. The van der Waals surface area contributed by atoms with Gasteiger partial charge in [0.2, 0.25) is 5.88 Å². The van der Waals surface area contributed by atoms with Gasteiger partial charge in [-0.25, -0.2) is 29.1 Å². The summed E-state index contributed by atoms with van der Waals surface area (Å²) < 4.78 is 31.8. The molecule has 0 unspecified atom stereocenters. The zero-order valence-electron chi connectivity index (χ0n) is 22.5. The molecular weight excluding hydrogens is 551 g/mol. The fourth-order valence-corrected chi connectivity index (χ4v) is 4.96. The van der Waals surface area contributed by atoms with Crippen molar-refractivity contribution in [3.8, 4) is 22.2 Å². The summed E-state index contributed by atoms with van der Waals surface area (Å²) in [6.45, 7) is 3.48. The van der Waals surface area contributed by atoms with Crippen molar-refractivity contribution in [2.45, 2.75) is 20.0 Å². The maximum Gasteiger partial charge on any atom is 0.412 e. The minimum absolute atomic E-state index is 0.0103. The molecule has 0 radical (unpaired) electrons. The molecule has 5 rings (SSSR count). The maximum absolute atomic E-state index is 14.9. The molecule has 0 saturated heterocycles. The van der Waals surface area contributed by atoms with Crippen LogP contribution >= 0.6 is 11.3 Å². The Morgan fingerprint density at radius 1 is 1.07 bits per heavy atom. The van der Waals surface area contributed by atoms with Gasteiger partial charge in [0, 0.05) is 24.7 Å². The average molecular weight is 577 g/mol. The van der Waals surface area contributed by atoms with Gasteiger partial charge in [0.25, 0.3) is 5.91 Å². The van der Waals surface area contributed by atoms with Crippen molar-refractivity contribution in [2.24, 2.45) is 0 Å². The van der Waals surface area contributed by atoms with Crippen molar-refractivity contribution in [1.29, 1.82) is 0 Å². The molecule has 2 amide bonds. The molecule has 0 saturated carbocycles. The molecule has 1 atom stereocenters. The van der Waals surface area contributed by atoms with Crippen LogP contribution in [0.3, 0.4) is 0 Å². The van der Waals surface area contributed by atoms with E-state index in [0.717, 1.165) is 11.1 Å². The summed E-state index contributed by atoms with van der Waals surface area (Å²) in [6.07, 6.45) is 1.44. The van der Waals surface area contributed by atoms with E-state index in [-0.39, 0.29) is 24.0 Å².